The Bertz CT molecular complexity index is 1430. The highest BCUT2D eigenvalue weighted by Gasteiger charge is 2.49. The molecule has 43 heavy (non-hydrogen) atoms. The summed E-state index contributed by atoms with van der Waals surface area (Å²) in [5.74, 6) is 1.12. The van der Waals surface area contributed by atoms with Gasteiger partial charge in [-0.05, 0) is 92.2 Å². The van der Waals surface area contributed by atoms with Gasteiger partial charge < -0.3 is 10.2 Å². The predicted molar refractivity (Wildman–Crippen MR) is 163 cm³/mol. The summed E-state index contributed by atoms with van der Waals surface area (Å²) in [7, 11) is 0. The van der Waals surface area contributed by atoms with E-state index < -0.39 is 11.5 Å². The van der Waals surface area contributed by atoms with Gasteiger partial charge in [-0.15, -0.1) is 10.2 Å². The van der Waals surface area contributed by atoms with Crippen molar-refractivity contribution in [1.29, 1.82) is 0 Å². The molecule has 2 amide bonds. The zero-order valence-corrected chi connectivity index (χ0v) is 25.7. The molecule has 0 radical (unpaired) electrons. The molecule has 1 aliphatic carbocycles. The fourth-order valence-corrected chi connectivity index (χ4v) is 6.60. The summed E-state index contributed by atoms with van der Waals surface area (Å²) in [5.41, 5.74) is 1.85. The summed E-state index contributed by atoms with van der Waals surface area (Å²) in [5, 5.41) is 16.6. The number of hydrogen-bond acceptors (Lipinski definition) is 6. The molecule has 9 nitrogen and oxygen atoms in total. The zero-order chi connectivity index (χ0) is 30.6. The first-order valence-electron chi connectivity index (χ1n) is 15.1. The second-order valence-corrected chi connectivity index (χ2v) is 12.6. The number of H-pyrrole nitrogens is 1. The molecule has 1 atom stereocenters. The minimum absolute atomic E-state index is 0.143. The number of nitrogens with zero attached hydrogens (tertiary/aromatic N) is 5. The molecule has 3 aromatic rings. The van der Waals surface area contributed by atoms with E-state index in [-0.39, 0.29) is 23.4 Å². The number of carbonyl (C=O) groups is 2. The molecule has 5 rings (SSSR count). The van der Waals surface area contributed by atoms with Crippen molar-refractivity contribution >= 4 is 29.1 Å². The lowest BCUT2D eigenvalue weighted by atomic mass is 9.76. The van der Waals surface area contributed by atoms with Crippen molar-refractivity contribution < 1.29 is 14.0 Å². The fourth-order valence-electron chi connectivity index (χ4n) is 6.38. The Labute approximate surface area is 256 Å². The Morgan fingerprint density at radius 1 is 1.19 bits per heavy atom. The molecule has 0 bridgehead atoms. The van der Waals surface area contributed by atoms with Crippen LogP contribution in [-0.4, -0.2) is 55.3 Å². The molecule has 2 N–H and O–H groups in total. The molecular weight excluding hydrogens is 569 g/mol. The lowest BCUT2D eigenvalue weighted by Crippen LogP contribution is -2.50. The van der Waals surface area contributed by atoms with Crippen LogP contribution in [0.4, 0.5) is 4.39 Å². The van der Waals surface area contributed by atoms with E-state index >= 15 is 0 Å². The average Bonchev–Trinajstić information content (AvgIpc) is 3.60. The van der Waals surface area contributed by atoms with Gasteiger partial charge in [0.15, 0.2) is 5.82 Å². The number of halogens is 2. The van der Waals surface area contributed by atoms with E-state index in [4.69, 9.17) is 16.6 Å². The van der Waals surface area contributed by atoms with E-state index in [9.17, 15) is 14.0 Å². The Hall–Kier alpha value is -3.66. The van der Waals surface area contributed by atoms with Gasteiger partial charge in [0.2, 0.25) is 0 Å². The molecule has 1 aromatic heterocycles. The van der Waals surface area contributed by atoms with Crippen molar-refractivity contribution in [3.05, 3.63) is 75.8 Å². The number of nitrogens with one attached hydrogen (secondary N) is 2. The van der Waals surface area contributed by atoms with Crippen LogP contribution in [0.25, 0.3) is 0 Å². The van der Waals surface area contributed by atoms with Crippen molar-refractivity contribution in [3.63, 3.8) is 0 Å². The van der Waals surface area contributed by atoms with Gasteiger partial charge in [0, 0.05) is 22.7 Å². The van der Waals surface area contributed by atoms with Crippen molar-refractivity contribution in [2.24, 2.45) is 22.7 Å². The van der Waals surface area contributed by atoms with Crippen LogP contribution in [0, 0.1) is 23.6 Å². The second kappa shape index (κ2) is 13.3. The van der Waals surface area contributed by atoms with Gasteiger partial charge in [0.05, 0.1) is 6.54 Å². The molecule has 2 aliphatic rings. The number of aromatic nitrogens is 4. The first-order valence-corrected chi connectivity index (χ1v) is 15.5. The Balaban J connectivity index is 1.26. The molecule has 2 heterocycles. The summed E-state index contributed by atoms with van der Waals surface area (Å²) >= 11 is 6.16. The highest BCUT2D eigenvalue weighted by molar-refractivity contribution is 6.47. The third-order valence-electron chi connectivity index (χ3n) is 9.05. The number of rotatable bonds is 11. The molecule has 1 spiro atoms. The molecule has 0 unspecified atom stereocenters. The van der Waals surface area contributed by atoms with Crippen molar-refractivity contribution in [2.45, 2.75) is 77.9 Å². The van der Waals surface area contributed by atoms with Gasteiger partial charge in [-0.3, -0.25) is 14.6 Å². The molecule has 1 aliphatic heterocycles. The van der Waals surface area contributed by atoms with Crippen LogP contribution in [0.2, 0.25) is 5.02 Å². The SMILES string of the molecule is CC[C@@H](CCN1C(=O)C(c2cc(F)cc(Cl)c2)=NC12CCC(C(C)C)CC2)Cc1ccc(C(=O)NCc2nn[nH]n2)cc1. The van der Waals surface area contributed by atoms with E-state index in [1.807, 2.05) is 29.2 Å². The number of tetrazole rings is 1. The number of hydrogen-bond donors (Lipinski definition) is 2. The molecule has 1 saturated carbocycles. The van der Waals surface area contributed by atoms with E-state index in [1.165, 1.54) is 12.1 Å². The quantitative estimate of drug-likeness (QED) is 0.288. The lowest BCUT2D eigenvalue weighted by Gasteiger charge is -2.43. The zero-order valence-electron chi connectivity index (χ0n) is 24.9. The first-order chi connectivity index (χ1) is 20.7. The standard InChI is InChI=1S/C32H39ClFN7O2/c1-4-21(15-22-5-7-24(8-6-22)30(42)35-19-28-37-39-40-38-28)11-14-41-31(43)29(25-16-26(33)18-27(34)17-25)36-32(41)12-9-23(10-13-32)20(2)3/h5-8,16-18,20-21,23H,4,9-15,19H2,1-3H3,(H,35,42)(H,37,38,39,40)/t21-,23?,32?/m0/s1. The van der Waals surface area contributed by atoms with Crippen LogP contribution in [0.15, 0.2) is 47.5 Å². The van der Waals surface area contributed by atoms with Crippen LogP contribution in [-0.2, 0) is 17.8 Å². The van der Waals surface area contributed by atoms with Gasteiger partial charge in [0.25, 0.3) is 11.8 Å². The van der Waals surface area contributed by atoms with Gasteiger partial charge in [0.1, 0.15) is 17.2 Å². The Kier molecular flexibility index (Phi) is 9.54. The molecule has 1 fully saturated rings. The summed E-state index contributed by atoms with van der Waals surface area (Å²) in [6, 6.07) is 11.8. The van der Waals surface area contributed by atoms with Crippen LogP contribution in [0.1, 0.15) is 86.6 Å². The summed E-state index contributed by atoms with van der Waals surface area (Å²) in [6.07, 6.45) is 6.23. The lowest BCUT2D eigenvalue weighted by molar-refractivity contribution is -0.129. The average molecular weight is 608 g/mol. The van der Waals surface area contributed by atoms with E-state index in [0.29, 0.717) is 47.0 Å². The highest BCUT2D eigenvalue weighted by atomic mass is 35.5. The smallest absolute Gasteiger partial charge is 0.274 e. The maximum Gasteiger partial charge on any atom is 0.274 e. The van der Waals surface area contributed by atoms with E-state index in [0.717, 1.165) is 50.5 Å². The Morgan fingerprint density at radius 2 is 1.93 bits per heavy atom. The van der Waals surface area contributed by atoms with Crippen LogP contribution in [0.3, 0.4) is 0 Å². The number of carbonyl (C=O) groups excluding carboxylic acids is 2. The van der Waals surface area contributed by atoms with Crippen LogP contribution < -0.4 is 5.32 Å². The molecule has 0 saturated heterocycles. The van der Waals surface area contributed by atoms with Gasteiger partial charge in [-0.25, -0.2) is 4.39 Å². The van der Waals surface area contributed by atoms with Crippen LogP contribution >= 0.6 is 11.6 Å². The monoisotopic (exact) mass is 607 g/mol. The maximum absolute atomic E-state index is 14.3. The van der Waals surface area contributed by atoms with Crippen LogP contribution in [0.5, 0.6) is 0 Å². The normalized spacial score (nSPS) is 21.0. The van der Waals surface area contributed by atoms with Crippen molar-refractivity contribution in [2.75, 3.05) is 6.54 Å². The van der Waals surface area contributed by atoms with E-state index in [1.54, 1.807) is 6.07 Å². The molecular formula is C32H39ClFN7O2. The van der Waals surface area contributed by atoms with Gasteiger partial charge in [-0.1, -0.05) is 56.1 Å². The largest absolute Gasteiger partial charge is 0.345 e. The van der Waals surface area contributed by atoms with Crippen molar-refractivity contribution in [1.82, 2.24) is 30.8 Å². The number of aliphatic imine (C=N–C) groups is 1. The van der Waals surface area contributed by atoms with Gasteiger partial charge in [-0.2, -0.15) is 5.21 Å². The molecule has 228 valence electrons. The summed E-state index contributed by atoms with van der Waals surface area (Å²) in [4.78, 5) is 33.4. The number of aromatic amines is 1. The third-order valence-corrected chi connectivity index (χ3v) is 9.27. The predicted octanol–water partition coefficient (Wildman–Crippen LogP) is 5.76. The number of amides is 2. The minimum Gasteiger partial charge on any atom is -0.345 e. The van der Waals surface area contributed by atoms with Crippen molar-refractivity contribution in [3.8, 4) is 0 Å². The van der Waals surface area contributed by atoms with E-state index in [2.05, 4.69) is 46.7 Å². The van der Waals surface area contributed by atoms with Gasteiger partial charge >= 0.3 is 0 Å². The molecule has 2 aromatic carbocycles. The minimum atomic E-state index is -0.592. The summed E-state index contributed by atoms with van der Waals surface area (Å²) < 4.78 is 14.3. The molecule has 11 heteroatoms. The fraction of sp³-hybridized carbons (Fsp3) is 0.500. The maximum atomic E-state index is 14.3. The highest BCUT2D eigenvalue weighted by Crippen LogP contribution is 2.44. The Morgan fingerprint density at radius 3 is 2.56 bits per heavy atom. The topological polar surface area (TPSA) is 116 Å². The second-order valence-electron chi connectivity index (χ2n) is 12.1. The first kappa shape index (κ1) is 30.8. The summed E-state index contributed by atoms with van der Waals surface area (Å²) in [6.45, 7) is 7.45. The third kappa shape index (κ3) is 7.12. The number of benzene rings is 2.